The molecule has 14 nitrogen and oxygen atoms in total. The molecule has 56 heavy (non-hydrogen) atoms. The molecule has 16 heteroatoms. The van der Waals surface area contributed by atoms with Gasteiger partial charge in [0.2, 0.25) is 10.0 Å². The van der Waals surface area contributed by atoms with Crippen molar-refractivity contribution in [1.29, 1.82) is 0 Å². The van der Waals surface area contributed by atoms with Crippen molar-refractivity contribution in [3.63, 3.8) is 0 Å². The van der Waals surface area contributed by atoms with Crippen LogP contribution in [-0.4, -0.2) is 122 Å². The molecule has 4 N–H and O–H groups in total. The zero-order valence-electron chi connectivity index (χ0n) is 32.1. The number of ether oxygens (including phenoxy) is 3. The van der Waals surface area contributed by atoms with Crippen LogP contribution in [0, 0.1) is 0 Å². The fraction of sp³-hybridized carbons (Fsp3) is 0.525. The number of piperidine rings is 1. The number of sulfonamides is 1. The smallest absolute Gasteiger partial charge is 0.407 e. The summed E-state index contributed by atoms with van der Waals surface area (Å²) in [5.74, 6) is 0.465. The standard InChI is InChI=1S/C40H53N3O11S2/c1-4-52-36-13-12-31(30-10-8-29(9-11-30)23-41-28(2)3)20-37(36)56(50,51)42-18-16-39(17-19-42)22-32(25-54-39)43(38(46)47)24-33(45)26-53-34-6-5-7-35(21-34)55(48,49)40(27-44)14-15-40/h5-13,20-21,28,32-33,41,44-45H,4,14-19,22-27H2,1-3H3,(H,46,47). The molecule has 0 bridgehead atoms. The summed E-state index contributed by atoms with van der Waals surface area (Å²) in [6, 6.07) is 18.8. The van der Waals surface area contributed by atoms with E-state index in [-0.39, 0.29) is 54.1 Å². The highest BCUT2D eigenvalue weighted by molar-refractivity contribution is 7.93. The second-order valence-corrected chi connectivity index (χ2v) is 19.6. The molecule has 1 aliphatic carbocycles. The fourth-order valence-electron chi connectivity index (χ4n) is 7.43. The van der Waals surface area contributed by atoms with E-state index < -0.39 is 55.1 Å². The summed E-state index contributed by atoms with van der Waals surface area (Å²) >= 11 is 0. The Balaban J connectivity index is 1.07. The number of carboxylic acid groups (broad SMARTS) is 1. The van der Waals surface area contributed by atoms with Gasteiger partial charge in [0.05, 0.1) is 47.7 Å². The fourth-order valence-corrected chi connectivity index (χ4v) is 10.9. The van der Waals surface area contributed by atoms with Crippen LogP contribution < -0.4 is 14.8 Å². The monoisotopic (exact) mass is 815 g/mol. The number of sulfone groups is 1. The normalized spacial score (nSPS) is 19.9. The third-order valence-electron chi connectivity index (χ3n) is 11.0. The topological polar surface area (TPSA) is 192 Å². The molecule has 3 aliphatic rings. The largest absolute Gasteiger partial charge is 0.492 e. The summed E-state index contributed by atoms with van der Waals surface area (Å²) in [7, 11) is -7.75. The first kappa shape index (κ1) is 41.9. The first-order valence-corrected chi connectivity index (χ1v) is 22.0. The number of nitrogens with zero attached hydrogens (tertiary/aromatic N) is 2. The van der Waals surface area contributed by atoms with Crippen molar-refractivity contribution in [1.82, 2.24) is 14.5 Å². The molecule has 306 valence electrons. The lowest BCUT2D eigenvalue weighted by molar-refractivity contribution is -0.0319. The van der Waals surface area contributed by atoms with E-state index in [1.807, 2.05) is 30.3 Å². The van der Waals surface area contributed by atoms with E-state index in [4.69, 9.17) is 14.2 Å². The SMILES string of the molecule is CCOc1ccc(-c2ccc(CNC(C)C)cc2)cc1S(=O)(=O)N1CCC2(CC1)CC(N(CC(O)COc1cccc(S(=O)(=O)C3(CO)CC3)c1)C(=O)O)CO2. The molecule has 1 saturated carbocycles. The molecule has 3 aromatic carbocycles. The summed E-state index contributed by atoms with van der Waals surface area (Å²) in [5.41, 5.74) is 2.02. The molecule has 6 rings (SSSR count). The van der Waals surface area contributed by atoms with Gasteiger partial charge in [-0.15, -0.1) is 0 Å². The molecular weight excluding hydrogens is 763 g/mol. The van der Waals surface area contributed by atoms with E-state index in [9.17, 15) is 36.9 Å². The number of carbonyl (C=O) groups is 1. The lowest BCUT2D eigenvalue weighted by Crippen LogP contribution is -2.48. The van der Waals surface area contributed by atoms with E-state index in [1.54, 1.807) is 25.1 Å². The van der Waals surface area contributed by atoms with Crippen LogP contribution in [-0.2, 0) is 31.1 Å². The van der Waals surface area contributed by atoms with E-state index >= 15 is 0 Å². The molecule has 2 unspecified atom stereocenters. The second kappa shape index (κ2) is 17.0. The van der Waals surface area contributed by atoms with Crippen LogP contribution >= 0.6 is 0 Å². The number of amides is 1. The maximum atomic E-state index is 14.2. The molecule has 2 aliphatic heterocycles. The highest BCUT2D eigenvalue weighted by atomic mass is 32.2. The Hall–Kier alpha value is -3.77. The molecular formula is C40H53N3O11S2. The molecule has 2 saturated heterocycles. The molecule has 1 amide bonds. The Morgan fingerprint density at radius 2 is 1.68 bits per heavy atom. The van der Waals surface area contributed by atoms with Gasteiger partial charge in [0.1, 0.15) is 29.1 Å². The van der Waals surface area contributed by atoms with Gasteiger partial charge < -0.3 is 39.7 Å². The number of aliphatic hydroxyl groups is 2. The average Bonchev–Trinajstić information content (AvgIpc) is 3.91. The Kier molecular flexibility index (Phi) is 12.7. The second-order valence-electron chi connectivity index (χ2n) is 15.3. The number of hydrogen-bond acceptors (Lipinski definition) is 11. The van der Waals surface area contributed by atoms with Crippen LogP contribution in [0.25, 0.3) is 11.1 Å². The van der Waals surface area contributed by atoms with E-state index in [2.05, 4.69) is 19.2 Å². The Morgan fingerprint density at radius 3 is 2.30 bits per heavy atom. The van der Waals surface area contributed by atoms with Crippen molar-refractivity contribution in [2.45, 2.75) is 97.7 Å². The van der Waals surface area contributed by atoms with Crippen molar-refractivity contribution in [3.05, 3.63) is 72.3 Å². The minimum atomic E-state index is -3.98. The van der Waals surface area contributed by atoms with Crippen LogP contribution in [0.5, 0.6) is 11.5 Å². The van der Waals surface area contributed by atoms with Gasteiger partial charge in [-0.2, -0.15) is 4.31 Å². The summed E-state index contributed by atoms with van der Waals surface area (Å²) in [6.45, 7) is 6.38. The van der Waals surface area contributed by atoms with E-state index in [1.165, 1.54) is 22.5 Å². The van der Waals surface area contributed by atoms with Gasteiger partial charge in [0.15, 0.2) is 9.84 Å². The van der Waals surface area contributed by atoms with Gasteiger partial charge in [-0.25, -0.2) is 21.6 Å². The molecule has 0 aromatic heterocycles. The number of hydrogen-bond donors (Lipinski definition) is 4. The molecule has 0 radical (unpaired) electrons. The minimum Gasteiger partial charge on any atom is -0.492 e. The number of nitrogens with one attached hydrogen (secondary N) is 1. The zero-order chi connectivity index (χ0) is 40.3. The maximum absolute atomic E-state index is 14.2. The number of rotatable bonds is 17. The van der Waals surface area contributed by atoms with Crippen LogP contribution in [0.3, 0.4) is 0 Å². The van der Waals surface area contributed by atoms with Crippen molar-refractivity contribution in [3.8, 4) is 22.6 Å². The van der Waals surface area contributed by atoms with Gasteiger partial charge >= 0.3 is 6.09 Å². The predicted octanol–water partition coefficient (Wildman–Crippen LogP) is 4.28. The Morgan fingerprint density at radius 1 is 0.982 bits per heavy atom. The lowest BCUT2D eigenvalue weighted by atomic mass is 9.88. The van der Waals surface area contributed by atoms with Crippen molar-refractivity contribution >= 4 is 26.0 Å². The lowest BCUT2D eigenvalue weighted by Gasteiger charge is -2.38. The molecule has 2 atom stereocenters. The van der Waals surface area contributed by atoms with Crippen molar-refractivity contribution < 1.29 is 51.2 Å². The van der Waals surface area contributed by atoms with Crippen LogP contribution in [0.15, 0.2) is 76.5 Å². The van der Waals surface area contributed by atoms with Gasteiger partial charge in [-0.3, -0.25) is 0 Å². The zero-order valence-corrected chi connectivity index (χ0v) is 33.7. The van der Waals surface area contributed by atoms with Crippen LogP contribution in [0.1, 0.15) is 58.4 Å². The molecule has 3 aromatic rings. The summed E-state index contributed by atoms with van der Waals surface area (Å²) < 4.78 is 72.3. The average molecular weight is 816 g/mol. The summed E-state index contributed by atoms with van der Waals surface area (Å²) in [4.78, 5) is 13.6. The van der Waals surface area contributed by atoms with Crippen LogP contribution in [0.2, 0.25) is 0 Å². The highest BCUT2D eigenvalue weighted by Crippen LogP contribution is 2.47. The Labute approximate surface area is 329 Å². The van der Waals surface area contributed by atoms with Gasteiger partial charge in [0, 0.05) is 25.7 Å². The molecule has 2 heterocycles. The van der Waals surface area contributed by atoms with Crippen LogP contribution in [0.4, 0.5) is 4.79 Å². The first-order chi connectivity index (χ1) is 26.6. The Bertz CT molecular complexity index is 2060. The third kappa shape index (κ3) is 9.01. The van der Waals surface area contributed by atoms with E-state index in [0.717, 1.165) is 28.1 Å². The van der Waals surface area contributed by atoms with Crippen molar-refractivity contribution in [2.24, 2.45) is 0 Å². The predicted molar refractivity (Wildman–Crippen MR) is 209 cm³/mol. The van der Waals surface area contributed by atoms with Gasteiger partial charge in [0.25, 0.3) is 0 Å². The number of aliphatic hydroxyl groups excluding tert-OH is 2. The summed E-state index contributed by atoms with van der Waals surface area (Å²) in [6.07, 6.45) is -0.690. The van der Waals surface area contributed by atoms with Gasteiger partial charge in [-0.05, 0) is 86.1 Å². The molecule has 1 spiro atoms. The van der Waals surface area contributed by atoms with Crippen molar-refractivity contribution in [2.75, 3.05) is 46.1 Å². The van der Waals surface area contributed by atoms with Gasteiger partial charge in [-0.1, -0.05) is 50.2 Å². The quantitative estimate of drug-likeness (QED) is 0.152. The minimum absolute atomic E-state index is 0.00919. The summed E-state index contributed by atoms with van der Waals surface area (Å²) in [5, 5.41) is 34.0. The highest BCUT2D eigenvalue weighted by Gasteiger charge is 2.54. The maximum Gasteiger partial charge on any atom is 0.407 e. The first-order valence-electron chi connectivity index (χ1n) is 19.1. The van der Waals surface area contributed by atoms with E-state index in [0.29, 0.717) is 44.8 Å². The molecule has 3 fully saturated rings. The third-order valence-corrected chi connectivity index (χ3v) is 15.5. The number of benzene rings is 3.